The van der Waals surface area contributed by atoms with E-state index in [4.69, 9.17) is 0 Å². The number of nitrogens with one attached hydrogen (secondary N) is 2. The first kappa shape index (κ1) is 23.9. The van der Waals surface area contributed by atoms with Gasteiger partial charge in [0.25, 0.3) is 0 Å². The lowest BCUT2D eigenvalue weighted by Crippen LogP contribution is -2.28. The second kappa shape index (κ2) is 12.3. The zero-order chi connectivity index (χ0) is 19.5. The minimum Gasteiger partial charge on any atom is -0.215 e. The third kappa shape index (κ3) is 10.8. The third-order valence-electron chi connectivity index (χ3n) is 5.13. The third-order valence-corrected chi connectivity index (χ3v) is 8.31. The van der Waals surface area contributed by atoms with Crippen molar-refractivity contribution in [3.8, 4) is 0 Å². The number of sulfonamides is 2. The highest BCUT2D eigenvalue weighted by Gasteiger charge is 2.21. The average Bonchev–Trinajstić information content (AvgIpc) is 2.57. The molecule has 0 aromatic rings. The molecule has 0 unspecified atom stereocenters. The number of hydrogen-bond donors (Lipinski definition) is 2. The van der Waals surface area contributed by atoms with Crippen molar-refractivity contribution >= 4 is 20.0 Å². The van der Waals surface area contributed by atoms with Crippen molar-refractivity contribution in [3.05, 3.63) is 0 Å². The molecule has 0 amide bonds. The van der Waals surface area contributed by atoms with E-state index in [9.17, 15) is 16.8 Å². The van der Waals surface area contributed by atoms with Crippen molar-refractivity contribution in [2.24, 2.45) is 11.8 Å². The molecule has 1 saturated carbocycles. The van der Waals surface area contributed by atoms with Gasteiger partial charge in [-0.05, 0) is 50.4 Å². The molecule has 0 radical (unpaired) electrons. The lowest BCUT2D eigenvalue weighted by atomic mass is 9.78. The minimum atomic E-state index is -3.07. The summed E-state index contributed by atoms with van der Waals surface area (Å²) >= 11 is 0. The van der Waals surface area contributed by atoms with Crippen LogP contribution in [0.1, 0.15) is 78.1 Å². The van der Waals surface area contributed by atoms with Gasteiger partial charge in [-0.3, -0.25) is 0 Å². The molecule has 1 rings (SSSR count). The van der Waals surface area contributed by atoms with Crippen molar-refractivity contribution in [1.29, 1.82) is 0 Å². The Kier molecular flexibility index (Phi) is 11.3. The molecule has 0 heterocycles. The van der Waals surface area contributed by atoms with E-state index in [1.54, 1.807) is 0 Å². The molecule has 0 atom stereocenters. The fourth-order valence-electron chi connectivity index (χ4n) is 3.73. The minimum absolute atomic E-state index is 0.215. The Morgan fingerprint density at radius 3 is 1.35 bits per heavy atom. The number of hydrogen-bond acceptors (Lipinski definition) is 4. The molecule has 0 spiro atoms. The Morgan fingerprint density at radius 2 is 1.04 bits per heavy atom. The molecule has 0 bridgehead atoms. The van der Waals surface area contributed by atoms with E-state index < -0.39 is 20.0 Å². The molecule has 0 aromatic heterocycles. The monoisotopic (exact) mass is 410 g/mol. The highest BCUT2D eigenvalue weighted by atomic mass is 32.2. The number of rotatable bonds is 14. The Morgan fingerprint density at radius 1 is 0.692 bits per heavy atom. The van der Waals surface area contributed by atoms with Gasteiger partial charge < -0.3 is 0 Å². The van der Waals surface area contributed by atoms with Gasteiger partial charge in [0.15, 0.2) is 0 Å². The van der Waals surface area contributed by atoms with E-state index in [1.807, 2.05) is 13.8 Å². The van der Waals surface area contributed by atoms with Crippen molar-refractivity contribution in [3.63, 3.8) is 0 Å². The fraction of sp³-hybridized carbons (Fsp3) is 1.00. The highest BCUT2D eigenvalue weighted by Crippen LogP contribution is 2.33. The molecule has 0 aliphatic heterocycles. The molecule has 8 heteroatoms. The van der Waals surface area contributed by atoms with Crippen LogP contribution in [-0.2, 0) is 20.0 Å². The molecule has 0 saturated heterocycles. The van der Waals surface area contributed by atoms with E-state index in [-0.39, 0.29) is 11.5 Å². The van der Waals surface area contributed by atoms with E-state index in [1.165, 1.54) is 25.7 Å². The van der Waals surface area contributed by atoms with Gasteiger partial charge in [-0.2, -0.15) is 0 Å². The summed E-state index contributed by atoms with van der Waals surface area (Å²) in [7, 11) is -6.14. The Labute approximate surface area is 161 Å². The largest absolute Gasteiger partial charge is 0.215 e. The van der Waals surface area contributed by atoms with Crippen LogP contribution in [0.4, 0.5) is 0 Å². The van der Waals surface area contributed by atoms with Crippen LogP contribution in [0.2, 0.25) is 0 Å². The molecule has 26 heavy (non-hydrogen) atoms. The summed E-state index contributed by atoms with van der Waals surface area (Å²) in [5.41, 5.74) is 0. The van der Waals surface area contributed by atoms with Crippen LogP contribution in [0.5, 0.6) is 0 Å². The average molecular weight is 411 g/mol. The van der Waals surface area contributed by atoms with E-state index in [2.05, 4.69) is 9.44 Å². The normalized spacial score (nSPS) is 21.8. The zero-order valence-corrected chi connectivity index (χ0v) is 18.1. The van der Waals surface area contributed by atoms with Crippen LogP contribution in [0.3, 0.4) is 0 Å². The Hall–Kier alpha value is -0.180. The van der Waals surface area contributed by atoms with Crippen molar-refractivity contribution in [2.45, 2.75) is 78.1 Å². The first-order valence-electron chi connectivity index (χ1n) is 10.2. The zero-order valence-electron chi connectivity index (χ0n) is 16.5. The molecule has 156 valence electrons. The SMILES string of the molecule is CCCS(=O)(=O)NCCCC1CCC(CCCNS(=O)(=O)CCC)CC1. The lowest BCUT2D eigenvalue weighted by Gasteiger charge is -2.28. The van der Waals surface area contributed by atoms with Crippen LogP contribution in [-0.4, -0.2) is 41.4 Å². The fourth-order valence-corrected chi connectivity index (χ4v) is 6.00. The van der Waals surface area contributed by atoms with Gasteiger partial charge in [0.05, 0.1) is 11.5 Å². The summed E-state index contributed by atoms with van der Waals surface area (Å²) < 4.78 is 51.7. The van der Waals surface area contributed by atoms with Gasteiger partial charge in [-0.1, -0.05) is 39.5 Å². The predicted molar refractivity (Wildman–Crippen MR) is 108 cm³/mol. The quantitative estimate of drug-likeness (QED) is 0.431. The van der Waals surface area contributed by atoms with Crippen LogP contribution in [0.25, 0.3) is 0 Å². The summed E-state index contributed by atoms with van der Waals surface area (Å²) in [5, 5.41) is 0. The van der Waals surface area contributed by atoms with Gasteiger partial charge in [0.1, 0.15) is 0 Å². The van der Waals surface area contributed by atoms with Crippen molar-refractivity contribution in [1.82, 2.24) is 9.44 Å². The molecule has 2 N–H and O–H groups in total. The maximum atomic E-state index is 11.6. The van der Waals surface area contributed by atoms with E-state index in [0.29, 0.717) is 37.8 Å². The first-order chi connectivity index (χ1) is 12.3. The molecule has 1 aliphatic carbocycles. The van der Waals surface area contributed by atoms with Crippen LogP contribution in [0.15, 0.2) is 0 Å². The second-order valence-corrected chi connectivity index (χ2v) is 11.5. The Balaban J connectivity index is 2.08. The van der Waals surface area contributed by atoms with Crippen molar-refractivity contribution in [2.75, 3.05) is 24.6 Å². The lowest BCUT2D eigenvalue weighted by molar-refractivity contribution is 0.248. The smallest absolute Gasteiger partial charge is 0.211 e. The van der Waals surface area contributed by atoms with Gasteiger partial charge in [-0.15, -0.1) is 0 Å². The molecular weight excluding hydrogens is 372 g/mol. The van der Waals surface area contributed by atoms with Gasteiger partial charge in [0.2, 0.25) is 20.0 Å². The summed E-state index contributed by atoms with van der Waals surface area (Å²) in [6, 6.07) is 0. The maximum absolute atomic E-state index is 11.6. The molecular formula is C18H38N2O4S2. The van der Waals surface area contributed by atoms with Gasteiger partial charge in [0, 0.05) is 13.1 Å². The summed E-state index contributed by atoms with van der Waals surface area (Å²) in [6.07, 6.45) is 10.2. The second-order valence-electron chi connectivity index (χ2n) is 7.60. The summed E-state index contributed by atoms with van der Waals surface area (Å²) in [4.78, 5) is 0. The summed E-state index contributed by atoms with van der Waals surface area (Å²) in [5.74, 6) is 1.86. The molecule has 1 aliphatic rings. The molecule has 0 aromatic carbocycles. The van der Waals surface area contributed by atoms with Crippen LogP contribution < -0.4 is 9.44 Å². The topological polar surface area (TPSA) is 92.3 Å². The van der Waals surface area contributed by atoms with E-state index in [0.717, 1.165) is 25.7 Å². The predicted octanol–water partition coefficient (Wildman–Crippen LogP) is 3.01. The maximum Gasteiger partial charge on any atom is 0.211 e. The van der Waals surface area contributed by atoms with Crippen molar-refractivity contribution < 1.29 is 16.8 Å². The van der Waals surface area contributed by atoms with Crippen LogP contribution >= 0.6 is 0 Å². The van der Waals surface area contributed by atoms with Gasteiger partial charge >= 0.3 is 0 Å². The summed E-state index contributed by atoms with van der Waals surface area (Å²) in [6.45, 7) is 4.86. The van der Waals surface area contributed by atoms with Crippen LogP contribution in [0, 0.1) is 11.8 Å². The standard InChI is InChI=1S/C18H38N2O4S2/c1-3-15-25(21,22)19-13-5-7-17-9-11-18(12-10-17)8-6-14-20-26(23,24)16-4-2/h17-20H,3-16H2,1-2H3. The van der Waals surface area contributed by atoms with E-state index >= 15 is 0 Å². The van der Waals surface area contributed by atoms with Gasteiger partial charge in [-0.25, -0.2) is 26.3 Å². The first-order valence-corrected chi connectivity index (χ1v) is 13.5. The molecule has 6 nitrogen and oxygen atoms in total. The Bertz CT molecular complexity index is 516. The molecule has 1 fully saturated rings. The highest BCUT2D eigenvalue weighted by molar-refractivity contribution is 7.89.